The van der Waals surface area contributed by atoms with Gasteiger partial charge in [0.25, 0.3) is 0 Å². The standard InChI is InChI=1S/C13H19N3O5/c1-6-4-16(12(18)15-10(6)14)11-8-9(19-3)13(5-17,21-11)7(2)20-8/h4,7-9,11,17H,5H2,1-3H3,(H2,14,15,18)/t7?,8?,9-,11?,13?/m1/s1. The number of rotatable bonds is 3. The summed E-state index contributed by atoms with van der Waals surface area (Å²) in [6, 6.07) is 0. The molecule has 5 atom stereocenters. The minimum atomic E-state index is -0.973. The molecule has 0 spiro atoms. The number of aryl methyl sites for hydroxylation is 1. The van der Waals surface area contributed by atoms with Crippen LogP contribution in [0.25, 0.3) is 0 Å². The molecule has 0 saturated carbocycles. The average molecular weight is 297 g/mol. The molecule has 0 amide bonds. The number of methoxy groups -OCH3 is 1. The maximum absolute atomic E-state index is 12.1. The number of aliphatic hydroxyl groups is 1. The first kappa shape index (κ1) is 14.5. The lowest BCUT2D eigenvalue weighted by Gasteiger charge is -2.34. The van der Waals surface area contributed by atoms with E-state index in [1.165, 1.54) is 11.7 Å². The third kappa shape index (κ3) is 1.83. The molecule has 2 saturated heterocycles. The van der Waals surface area contributed by atoms with E-state index in [9.17, 15) is 9.90 Å². The van der Waals surface area contributed by atoms with E-state index in [4.69, 9.17) is 19.9 Å². The Bertz CT molecular complexity index is 618. The second-order valence-corrected chi connectivity index (χ2v) is 5.52. The van der Waals surface area contributed by atoms with Crippen LogP contribution < -0.4 is 11.4 Å². The molecule has 8 nitrogen and oxygen atoms in total. The van der Waals surface area contributed by atoms with Crippen LogP contribution in [0.15, 0.2) is 11.0 Å². The van der Waals surface area contributed by atoms with Crippen LogP contribution in [0.3, 0.4) is 0 Å². The summed E-state index contributed by atoms with van der Waals surface area (Å²) in [6.07, 6.45) is -0.376. The molecule has 21 heavy (non-hydrogen) atoms. The molecule has 0 radical (unpaired) electrons. The van der Waals surface area contributed by atoms with Crippen molar-refractivity contribution in [3.8, 4) is 0 Å². The normalized spacial score (nSPS) is 38.1. The first-order valence-corrected chi connectivity index (χ1v) is 6.77. The minimum Gasteiger partial charge on any atom is -0.393 e. The number of hydrogen-bond donors (Lipinski definition) is 2. The Kier molecular flexibility index (Phi) is 3.28. The van der Waals surface area contributed by atoms with Gasteiger partial charge in [-0.3, -0.25) is 4.57 Å². The monoisotopic (exact) mass is 297 g/mol. The van der Waals surface area contributed by atoms with E-state index in [0.717, 1.165) is 0 Å². The molecule has 2 bridgehead atoms. The molecule has 1 aromatic rings. The molecule has 3 heterocycles. The minimum absolute atomic E-state index is 0.189. The van der Waals surface area contributed by atoms with Crippen molar-refractivity contribution in [2.45, 2.75) is 44.0 Å². The lowest BCUT2D eigenvalue weighted by atomic mass is 9.94. The number of anilines is 1. The fraction of sp³-hybridized carbons (Fsp3) is 0.692. The molecule has 3 rings (SSSR count). The molecular weight excluding hydrogens is 278 g/mol. The summed E-state index contributed by atoms with van der Waals surface area (Å²) in [5.41, 5.74) is 4.81. The second-order valence-electron chi connectivity index (χ2n) is 5.52. The lowest BCUT2D eigenvalue weighted by Crippen LogP contribution is -2.50. The summed E-state index contributed by atoms with van der Waals surface area (Å²) in [4.78, 5) is 15.8. The quantitative estimate of drug-likeness (QED) is 0.751. The van der Waals surface area contributed by atoms with Crippen molar-refractivity contribution in [1.29, 1.82) is 0 Å². The highest BCUT2D eigenvalue weighted by atomic mass is 16.7. The van der Waals surface area contributed by atoms with Gasteiger partial charge in [-0.2, -0.15) is 4.98 Å². The fourth-order valence-electron chi connectivity index (χ4n) is 3.17. The highest BCUT2D eigenvalue weighted by Crippen LogP contribution is 2.49. The van der Waals surface area contributed by atoms with Crippen molar-refractivity contribution >= 4 is 5.82 Å². The molecule has 0 aliphatic carbocycles. The number of nitrogens with two attached hydrogens (primary N) is 1. The van der Waals surface area contributed by atoms with Gasteiger partial charge in [0.1, 0.15) is 23.6 Å². The van der Waals surface area contributed by atoms with Crippen LogP contribution in [-0.2, 0) is 14.2 Å². The summed E-state index contributed by atoms with van der Waals surface area (Å²) in [5, 5.41) is 9.74. The summed E-state index contributed by atoms with van der Waals surface area (Å²) in [5.74, 6) is 0.189. The molecule has 0 aromatic carbocycles. The molecule has 4 unspecified atom stereocenters. The number of hydrogen-bond acceptors (Lipinski definition) is 7. The van der Waals surface area contributed by atoms with Gasteiger partial charge >= 0.3 is 5.69 Å². The lowest BCUT2D eigenvalue weighted by molar-refractivity contribution is -0.219. The van der Waals surface area contributed by atoms with Crippen molar-refractivity contribution in [2.75, 3.05) is 19.5 Å². The second kappa shape index (κ2) is 4.77. The van der Waals surface area contributed by atoms with E-state index in [-0.39, 0.29) is 18.5 Å². The van der Waals surface area contributed by atoms with Gasteiger partial charge in [0, 0.05) is 18.9 Å². The maximum atomic E-state index is 12.1. The van der Waals surface area contributed by atoms with Crippen molar-refractivity contribution in [3.05, 3.63) is 22.2 Å². The summed E-state index contributed by atoms with van der Waals surface area (Å²) in [6.45, 7) is 3.31. The van der Waals surface area contributed by atoms with E-state index in [1.807, 2.05) is 6.92 Å². The van der Waals surface area contributed by atoms with Gasteiger partial charge in [-0.1, -0.05) is 0 Å². The predicted molar refractivity (Wildman–Crippen MR) is 72.7 cm³/mol. The van der Waals surface area contributed by atoms with Crippen LogP contribution in [0.4, 0.5) is 5.82 Å². The van der Waals surface area contributed by atoms with E-state index in [0.29, 0.717) is 5.56 Å². The van der Waals surface area contributed by atoms with Crippen molar-refractivity contribution in [2.24, 2.45) is 0 Å². The van der Waals surface area contributed by atoms with Crippen molar-refractivity contribution < 1.29 is 19.3 Å². The van der Waals surface area contributed by atoms with Crippen LogP contribution in [0, 0.1) is 6.92 Å². The predicted octanol–water partition coefficient (Wildman–Crippen LogP) is -0.804. The molecule has 2 aliphatic rings. The zero-order valence-electron chi connectivity index (χ0n) is 12.1. The zero-order chi connectivity index (χ0) is 15.4. The molecular formula is C13H19N3O5. The Morgan fingerprint density at radius 2 is 2.33 bits per heavy atom. The van der Waals surface area contributed by atoms with E-state index < -0.39 is 29.7 Å². The number of aromatic nitrogens is 2. The van der Waals surface area contributed by atoms with Crippen LogP contribution in [0.1, 0.15) is 18.7 Å². The first-order valence-electron chi connectivity index (χ1n) is 6.77. The Morgan fingerprint density at radius 1 is 1.62 bits per heavy atom. The number of fused-ring (bicyclic) bond motifs is 2. The fourth-order valence-corrected chi connectivity index (χ4v) is 3.17. The smallest absolute Gasteiger partial charge is 0.351 e. The van der Waals surface area contributed by atoms with Gasteiger partial charge in [-0.05, 0) is 13.8 Å². The third-order valence-electron chi connectivity index (χ3n) is 4.40. The highest BCUT2D eigenvalue weighted by molar-refractivity contribution is 5.35. The zero-order valence-corrected chi connectivity index (χ0v) is 12.1. The molecule has 2 aliphatic heterocycles. The summed E-state index contributed by atoms with van der Waals surface area (Å²) >= 11 is 0. The van der Waals surface area contributed by atoms with Gasteiger partial charge in [0.2, 0.25) is 0 Å². The molecule has 8 heteroatoms. The van der Waals surface area contributed by atoms with Gasteiger partial charge < -0.3 is 25.1 Å². The van der Waals surface area contributed by atoms with Gasteiger partial charge in [0.15, 0.2) is 6.23 Å². The topological polar surface area (TPSA) is 109 Å². The number of nitrogen functional groups attached to an aromatic ring is 1. The Morgan fingerprint density at radius 3 is 2.90 bits per heavy atom. The third-order valence-corrected chi connectivity index (χ3v) is 4.40. The Labute approximate surface area is 121 Å². The Hall–Kier alpha value is -1.48. The number of nitrogens with zero attached hydrogens (tertiary/aromatic N) is 2. The number of aliphatic hydroxyl groups excluding tert-OH is 1. The molecule has 2 fully saturated rings. The number of ether oxygens (including phenoxy) is 3. The van der Waals surface area contributed by atoms with E-state index in [2.05, 4.69) is 4.98 Å². The van der Waals surface area contributed by atoms with E-state index in [1.54, 1.807) is 13.1 Å². The summed E-state index contributed by atoms with van der Waals surface area (Å²) in [7, 11) is 1.53. The Balaban J connectivity index is 2.04. The van der Waals surface area contributed by atoms with Gasteiger partial charge in [-0.25, -0.2) is 4.79 Å². The maximum Gasteiger partial charge on any atom is 0.351 e. The van der Waals surface area contributed by atoms with Crippen LogP contribution in [0.2, 0.25) is 0 Å². The van der Waals surface area contributed by atoms with Crippen molar-refractivity contribution in [3.63, 3.8) is 0 Å². The molecule has 116 valence electrons. The first-order chi connectivity index (χ1) is 9.94. The molecule has 3 N–H and O–H groups in total. The summed E-state index contributed by atoms with van der Waals surface area (Å²) < 4.78 is 18.6. The highest BCUT2D eigenvalue weighted by Gasteiger charge is 2.66. The SMILES string of the molecule is CO[C@@H]1C2OC(C)C1(CO)OC2n1cc(C)c(N)nc1=O. The van der Waals surface area contributed by atoms with Crippen LogP contribution >= 0.6 is 0 Å². The largest absolute Gasteiger partial charge is 0.393 e. The van der Waals surface area contributed by atoms with Gasteiger partial charge in [0.05, 0.1) is 12.7 Å². The average Bonchev–Trinajstić information content (AvgIpc) is 2.91. The van der Waals surface area contributed by atoms with Crippen LogP contribution in [0.5, 0.6) is 0 Å². The van der Waals surface area contributed by atoms with Crippen molar-refractivity contribution in [1.82, 2.24) is 9.55 Å². The van der Waals surface area contributed by atoms with Gasteiger partial charge in [-0.15, -0.1) is 0 Å². The van der Waals surface area contributed by atoms with E-state index >= 15 is 0 Å². The van der Waals surface area contributed by atoms with Crippen LogP contribution in [-0.4, -0.2) is 52.3 Å². The molecule has 1 aromatic heterocycles.